The number of hydrogen-bond donors (Lipinski definition) is 2. The molecule has 0 saturated carbocycles. The van der Waals surface area contributed by atoms with Crippen LogP contribution in [0.4, 0.5) is 0 Å². The van der Waals surface area contributed by atoms with Crippen molar-refractivity contribution in [3.05, 3.63) is 83.6 Å². The fourth-order valence-corrected chi connectivity index (χ4v) is 2.97. The molecule has 0 amide bonds. The lowest BCUT2D eigenvalue weighted by atomic mass is 10.1. The maximum atomic E-state index is 12.0. The first-order valence-corrected chi connectivity index (χ1v) is 9.31. The van der Waals surface area contributed by atoms with E-state index >= 15 is 0 Å². The number of rotatable bonds is 8. The zero-order valence-electron chi connectivity index (χ0n) is 13.5. The quantitative estimate of drug-likeness (QED) is 0.712. The summed E-state index contributed by atoms with van der Waals surface area (Å²) in [6, 6.07) is 16.5. The molecule has 0 heterocycles. The van der Waals surface area contributed by atoms with Crippen LogP contribution in [0.5, 0.6) is 0 Å². The molecule has 6 heteroatoms. The Hall–Kier alpha value is -2.86. The van der Waals surface area contributed by atoms with Crippen LogP contribution < -0.4 is 4.72 Å². The molecular weight excluding hydrogens is 338 g/mol. The zero-order chi connectivity index (χ0) is 18.1. The van der Waals surface area contributed by atoms with Crippen LogP contribution in [-0.2, 0) is 21.2 Å². The summed E-state index contributed by atoms with van der Waals surface area (Å²) in [6.45, 7) is 0. The summed E-state index contributed by atoms with van der Waals surface area (Å²) in [5, 5.41) is 8.58. The predicted octanol–water partition coefficient (Wildman–Crippen LogP) is 2.92. The topological polar surface area (TPSA) is 83.5 Å². The highest BCUT2D eigenvalue weighted by atomic mass is 32.2. The van der Waals surface area contributed by atoms with Crippen LogP contribution in [0, 0.1) is 0 Å². The minimum atomic E-state index is -3.39. The molecule has 2 N–H and O–H groups in total. The fourth-order valence-electron chi connectivity index (χ4n) is 2.08. The average Bonchev–Trinajstić information content (AvgIpc) is 2.60. The first-order valence-electron chi connectivity index (χ1n) is 7.66. The predicted molar refractivity (Wildman–Crippen MR) is 99.2 cm³/mol. The van der Waals surface area contributed by atoms with E-state index < -0.39 is 16.0 Å². The van der Waals surface area contributed by atoms with Gasteiger partial charge in [-0.25, -0.2) is 13.2 Å². The molecular formula is C19H19NO4S. The van der Waals surface area contributed by atoms with Crippen molar-refractivity contribution in [2.45, 2.75) is 6.42 Å². The molecule has 0 unspecified atom stereocenters. The average molecular weight is 357 g/mol. The number of hydrogen-bond acceptors (Lipinski definition) is 3. The second-order valence-electron chi connectivity index (χ2n) is 5.34. The Labute approximate surface area is 147 Å². The van der Waals surface area contributed by atoms with Crippen molar-refractivity contribution in [2.24, 2.45) is 0 Å². The first-order chi connectivity index (χ1) is 11.9. The van der Waals surface area contributed by atoms with E-state index in [1.807, 2.05) is 30.3 Å². The van der Waals surface area contributed by atoms with Crippen molar-refractivity contribution in [2.75, 3.05) is 5.75 Å². The molecule has 0 radical (unpaired) electrons. The van der Waals surface area contributed by atoms with Crippen molar-refractivity contribution in [3.63, 3.8) is 0 Å². The zero-order valence-corrected chi connectivity index (χ0v) is 14.3. The lowest BCUT2D eigenvalue weighted by Gasteiger charge is -2.04. The summed E-state index contributed by atoms with van der Waals surface area (Å²) in [5.74, 6) is -0.992. The summed E-state index contributed by atoms with van der Waals surface area (Å²) < 4.78 is 26.4. The van der Waals surface area contributed by atoms with Crippen LogP contribution in [0.1, 0.15) is 16.7 Å². The second kappa shape index (κ2) is 8.84. The molecule has 0 atom stereocenters. The number of nitrogens with one attached hydrogen (secondary N) is 1. The smallest absolute Gasteiger partial charge is 0.328 e. The van der Waals surface area contributed by atoms with Gasteiger partial charge in [0.1, 0.15) is 0 Å². The number of sulfonamides is 1. The Morgan fingerprint density at radius 3 is 2.16 bits per heavy atom. The van der Waals surface area contributed by atoms with Crippen LogP contribution in [-0.4, -0.2) is 25.2 Å². The SMILES string of the molecule is O=C(O)C=Cc1ccc(C=CNS(=O)(=O)CCc2ccccc2)cc1. The van der Waals surface area contributed by atoms with Crippen molar-refractivity contribution in [3.8, 4) is 0 Å². The number of aryl methyl sites for hydroxylation is 1. The van der Waals surface area contributed by atoms with Gasteiger partial charge >= 0.3 is 5.97 Å². The first kappa shape index (κ1) is 18.5. The van der Waals surface area contributed by atoms with Crippen molar-refractivity contribution in [1.82, 2.24) is 4.72 Å². The number of carboxylic acid groups (broad SMARTS) is 1. The molecule has 0 bridgehead atoms. The number of benzene rings is 2. The monoisotopic (exact) mass is 357 g/mol. The molecule has 0 spiro atoms. The third-order valence-electron chi connectivity index (χ3n) is 3.38. The number of carbonyl (C=O) groups is 1. The Kier molecular flexibility index (Phi) is 6.54. The van der Waals surface area contributed by atoms with E-state index in [1.54, 1.807) is 30.3 Å². The van der Waals surface area contributed by atoms with Crippen LogP contribution in [0.2, 0.25) is 0 Å². The summed E-state index contributed by atoms with van der Waals surface area (Å²) in [7, 11) is -3.39. The van der Waals surface area contributed by atoms with Gasteiger partial charge in [-0.05, 0) is 35.3 Å². The third kappa shape index (κ3) is 7.05. The van der Waals surface area contributed by atoms with E-state index in [-0.39, 0.29) is 5.75 Å². The second-order valence-corrected chi connectivity index (χ2v) is 7.22. The van der Waals surface area contributed by atoms with E-state index in [2.05, 4.69) is 4.72 Å². The summed E-state index contributed by atoms with van der Waals surface area (Å²) in [4.78, 5) is 10.5. The van der Waals surface area contributed by atoms with E-state index in [0.717, 1.165) is 22.8 Å². The van der Waals surface area contributed by atoms with Gasteiger partial charge in [-0.3, -0.25) is 4.72 Å². The van der Waals surface area contributed by atoms with Gasteiger partial charge in [-0.1, -0.05) is 54.6 Å². The number of carboxylic acids is 1. The van der Waals surface area contributed by atoms with E-state index in [0.29, 0.717) is 6.42 Å². The van der Waals surface area contributed by atoms with Crippen molar-refractivity contribution in [1.29, 1.82) is 0 Å². The minimum Gasteiger partial charge on any atom is -0.478 e. The molecule has 0 aliphatic rings. The molecule has 2 aromatic carbocycles. The van der Waals surface area contributed by atoms with Crippen LogP contribution >= 0.6 is 0 Å². The molecule has 0 saturated heterocycles. The molecule has 0 aliphatic heterocycles. The van der Waals surface area contributed by atoms with Gasteiger partial charge in [0.15, 0.2) is 0 Å². The molecule has 5 nitrogen and oxygen atoms in total. The Morgan fingerprint density at radius 1 is 0.960 bits per heavy atom. The summed E-state index contributed by atoms with van der Waals surface area (Å²) >= 11 is 0. The van der Waals surface area contributed by atoms with Gasteiger partial charge < -0.3 is 5.11 Å². The molecule has 2 aromatic rings. The van der Waals surface area contributed by atoms with Crippen LogP contribution in [0.15, 0.2) is 66.9 Å². The molecule has 0 aliphatic carbocycles. The van der Waals surface area contributed by atoms with Crippen LogP contribution in [0.3, 0.4) is 0 Å². The van der Waals surface area contributed by atoms with Gasteiger partial charge in [-0.15, -0.1) is 0 Å². The van der Waals surface area contributed by atoms with Gasteiger partial charge in [-0.2, -0.15) is 0 Å². The molecule has 25 heavy (non-hydrogen) atoms. The standard InChI is InChI=1S/C19H19NO4S/c21-19(22)11-10-17-6-8-18(9-7-17)12-14-20-25(23,24)15-13-16-4-2-1-3-5-16/h1-12,14,20H,13,15H2,(H,21,22). The lowest BCUT2D eigenvalue weighted by Crippen LogP contribution is -2.22. The Bertz CT molecular complexity index is 854. The summed E-state index contributed by atoms with van der Waals surface area (Å²) in [5.41, 5.74) is 2.53. The van der Waals surface area contributed by atoms with Crippen molar-refractivity contribution < 1.29 is 18.3 Å². The maximum Gasteiger partial charge on any atom is 0.328 e. The van der Waals surface area contributed by atoms with E-state index in [9.17, 15) is 13.2 Å². The van der Waals surface area contributed by atoms with E-state index in [1.165, 1.54) is 12.3 Å². The van der Waals surface area contributed by atoms with E-state index in [4.69, 9.17) is 5.11 Å². The highest BCUT2D eigenvalue weighted by Crippen LogP contribution is 2.08. The minimum absolute atomic E-state index is 0.0142. The van der Waals surface area contributed by atoms with Crippen LogP contribution in [0.25, 0.3) is 12.2 Å². The molecule has 0 aromatic heterocycles. The lowest BCUT2D eigenvalue weighted by molar-refractivity contribution is -0.131. The highest BCUT2D eigenvalue weighted by molar-refractivity contribution is 7.89. The van der Waals surface area contributed by atoms with Gasteiger partial charge in [0.2, 0.25) is 10.0 Å². The maximum absolute atomic E-state index is 12.0. The van der Waals surface area contributed by atoms with Gasteiger partial charge in [0, 0.05) is 12.3 Å². The highest BCUT2D eigenvalue weighted by Gasteiger charge is 2.07. The third-order valence-corrected chi connectivity index (χ3v) is 4.62. The number of aliphatic carboxylic acids is 1. The fraction of sp³-hybridized carbons (Fsp3) is 0.105. The Balaban J connectivity index is 1.87. The Morgan fingerprint density at radius 2 is 1.56 bits per heavy atom. The van der Waals surface area contributed by atoms with Gasteiger partial charge in [0.05, 0.1) is 5.75 Å². The normalized spacial score (nSPS) is 11.8. The summed E-state index contributed by atoms with van der Waals surface area (Å²) in [6.07, 6.45) is 6.04. The van der Waals surface area contributed by atoms with Gasteiger partial charge in [0.25, 0.3) is 0 Å². The molecule has 2 rings (SSSR count). The molecule has 0 fully saturated rings. The molecule has 130 valence electrons. The van der Waals surface area contributed by atoms with Crippen molar-refractivity contribution >= 4 is 28.1 Å². The largest absolute Gasteiger partial charge is 0.478 e.